The zero-order valence-electron chi connectivity index (χ0n) is 11.4. The van der Waals surface area contributed by atoms with Gasteiger partial charge in [0.05, 0.1) is 5.69 Å². The molecule has 1 aromatic heterocycles. The Morgan fingerprint density at radius 2 is 1.68 bits per heavy atom. The van der Waals surface area contributed by atoms with Gasteiger partial charge in [-0.3, -0.25) is 14.4 Å². The highest BCUT2D eigenvalue weighted by Gasteiger charge is 2.24. The topological polar surface area (TPSA) is 54.5 Å². The molecule has 0 aliphatic carbocycles. The predicted molar refractivity (Wildman–Crippen MR) is 85.8 cm³/mol. The van der Waals surface area contributed by atoms with Crippen LogP contribution in [0.4, 0.5) is 5.69 Å². The lowest BCUT2D eigenvalue weighted by Crippen LogP contribution is -2.29. The Bertz CT molecular complexity index is 768. The number of anilines is 1. The number of hydrogen-bond acceptors (Lipinski definition) is 4. The quantitative estimate of drug-likeness (QED) is 0.495. The molecule has 2 heterocycles. The van der Waals surface area contributed by atoms with E-state index >= 15 is 0 Å². The average Bonchev–Trinajstić information content (AvgIpc) is 3.15. The maximum absolute atomic E-state index is 12.1. The van der Waals surface area contributed by atoms with Crippen LogP contribution in [0.1, 0.15) is 15.2 Å². The Morgan fingerprint density at radius 3 is 2.27 bits per heavy atom. The van der Waals surface area contributed by atoms with Crippen molar-refractivity contribution in [1.82, 2.24) is 0 Å². The molecule has 108 valence electrons. The van der Waals surface area contributed by atoms with Crippen molar-refractivity contribution in [2.45, 2.75) is 0 Å². The van der Waals surface area contributed by atoms with Crippen LogP contribution in [0, 0.1) is 0 Å². The molecule has 0 radical (unpaired) electrons. The molecule has 0 saturated heterocycles. The Labute approximate surface area is 131 Å². The van der Waals surface area contributed by atoms with Crippen LogP contribution < -0.4 is 4.90 Å². The zero-order valence-corrected chi connectivity index (χ0v) is 12.2. The summed E-state index contributed by atoms with van der Waals surface area (Å²) >= 11 is 1.55. The number of benzene rings is 1. The molecule has 0 atom stereocenters. The van der Waals surface area contributed by atoms with Gasteiger partial charge in [0, 0.05) is 22.6 Å². The van der Waals surface area contributed by atoms with Crippen molar-refractivity contribution in [3.8, 4) is 0 Å². The molecule has 22 heavy (non-hydrogen) atoms. The molecule has 1 aliphatic rings. The number of carbonyl (C=O) groups is 3. The fraction of sp³-hybridized carbons (Fsp3) is 0. The number of hydrogen-bond donors (Lipinski definition) is 0. The van der Waals surface area contributed by atoms with Crippen LogP contribution in [0.2, 0.25) is 0 Å². The minimum atomic E-state index is -0.373. The van der Waals surface area contributed by atoms with Crippen LogP contribution in [0.5, 0.6) is 0 Å². The number of rotatable bonds is 4. The van der Waals surface area contributed by atoms with Crippen molar-refractivity contribution in [3.05, 3.63) is 70.4 Å². The van der Waals surface area contributed by atoms with E-state index in [-0.39, 0.29) is 17.6 Å². The summed E-state index contributed by atoms with van der Waals surface area (Å²) in [5.41, 5.74) is 0.961. The third kappa shape index (κ3) is 2.80. The third-order valence-corrected chi connectivity index (χ3v) is 4.00. The van der Waals surface area contributed by atoms with Gasteiger partial charge < -0.3 is 0 Å². The van der Waals surface area contributed by atoms with Crippen LogP contribution >= 0.6 is 11.3 Å². The first-order valence-corrected chi connectivity index (χ1v) is 7.45. The second kappa shape index (κ2) is 5.91. The summed E-state index contributed by atoms with van der Waals surface area (Å²) < 4.78 is 0. The highest BCUT2D eigenvalue weighted by Crippen LogP contribution is 2.20. The molecule has 0 fully saturated rings. The molecule has 2 amide bonds. The summed E-state index contributed by atoms with van der Waals surface area (Å²) in [5, 5.41) is 1.94. The lowest BCUT2D eigenvalue weighted by molar-refractivity contribution is -0.119. The van der Waals surface area contributed by atoms with Crippen LogP contribution in [-0.2, 0) is 9.59 Å². The van der Waals surface area contributed by atoms with Gasteiger partial charge in [-0.25, -0.2) is 4.90 Å². The number of allylic oxidation sites excluding steroid dienone is 1. The molecule has 4 nitrogen and oxygen atoms in total. The molecule has 0 spiro atoms. The summed E-state index contributed by atoms with van der Waals surface area (Å²) in [7, 11) is 0. The van der Waals surface area contributed by atoms with E-state index in [0.717, 1.165) is 9.78 Å². The average molecular weight is 309 g/mol. The largest absolute Gasteiger partial charge is 0.289 e. The van der Waals surface area contributed by atoms with E-state index in [0.29, 0.717) is 11.3 Å². The third-order valence-electron chi connectivity index (χ3n) is 3.16. The Kier molecular flexibility index (Phi) is 3.80. The van der Waals surface area contributed by atoms with Crippen LogP contribution in [-0.4, -0.2) is 17.6 Å². The van der Waals surface area contributed by atoms with Crippen LogP contribution in [0.3, 0.4) is 0 Å². The van der Waals surface area contributed by atoms with Crippen molar-refractivity contribution < 1.29 is 14.4 Å². The molecule has 0 saturated carbocycles. The van der Waals surface area contributed by atoms with Gasteiger partial charge in [0.25, 0.3) is 11.8 Å². The van der Waals surface area contributed by atoms with E-state index in [1.165, 1.54) is 18.2 Å². The number of amides is 2. The van der Waals surface area contributed by atoms with Crippen molar-refractivity contribution in [2.24, 2.45) is 0 Å². The minimum Gasteiger partial charge on any atom is -0.289 e. The number of thiophene rings is 1. The summed E-state index contributed by atoms with van der Waals surface area (Å²) in [6.07, 6.45) is 5.73. The lowest BCUT2D eigenvalue weighted by atomic mass is 10.1. The number of carbonyl (C=O) groups excluding carboxylic acids is 3. The highest BCUT2D eigenvalue weighted by atomic mass is 32.1. The molecular weight excluding hydrogens is 298 g/mol. The van der Waals surface area contributed by atoms with Crippen LogP contribution in [0.25, 0.3) is 6.08 Å². The SMILES string of the molecule is O=C(C=Cc1cccs1)c1ccc(N2C(=O)C=CC2=O)cc1. The fourth-order valence-corrected chi connectivity index (χ4v) is 2.69. The van der Waals surface area contributed by atoms with E-state index in [9.17, 15) is 14.4 Å². The highest BCUT2D eigenvalue weighted by molar-refractivity contribution is 7.10. The Balaban J connectivity index is 1.75. The molecule has 1 aliphatic heterocycles. The first-order chi connectivity index (χ1) is 10.6. The van der Waals surface area contributed by atoms with Crippen molar-refractivity contribution in [1.29, 1.82) is 0 Å². The number of nitrogens with zero attached hydrogens (tertiary/aromatic N) is 1. The minimum absolute atomic E-state index is 0.128. The first-order valence-electron chi connectivity index (χ1n) is 6.57. The maximum atomic E-state index is 12.1. The predicted octanol–water partition coefficient (Wildman–Crippen LogP) is 3.07. The molecular formula is C17H11NO3S. The second-order valence-corrected chi connectivity index (χ2v) is 5.58. The van der Waals surface area contributed by atoms with E-state index < -0.39 is 0 Å². The fourth-order valence-electron chi connectivity index (χ4n) is 2.07. The van der Waals surface area contributed by atoms with E-state index in [1.54, 1.807) is 41.7 Å². The molecule has 0 N–H and O–H groups in total. The lowest BCUT2D eigenvalue weighted by Gasteiger charge is -2.13. The maximum Gasteiger partial charge on any atom is 0.258 e. The molecule has 0 unspecified atom stereocenters. The van der Waals surface area contributed by atoms with Gasteiger partial charge in [0.2, 0.25) is 0 Å². The Hall–Kier alpha value is -2.79. The normalized spacial score (nSPS) is 14.3. The van der Waals surface area contributed by atoms with Crippen molar-refractivity contribution in [3.63, 3.8) is 0 Å². The smallest absolute Gasteiger partial charge is 0.258 e. The van der Waals surface area contributed by atoms with Crippen LogP contribution in [0.15, 0.2) is 60.0 Å². The van der Waals surface area contributed by atoms with Crippen molar-refractivity contribution >= 4 is 40.7 Å². The van der Waals surface area contributed by atoms with E-state index in [2.05, 4.69) is 0 Å². The Morgan fingerprint density at radius 1 is 1.00 bits per heavy atom. The summed E-state index contributed by atoms with van der Waals surface area (Å²) in [5.74, 6) is -0.875. The van der Waals surface area contributed by atoms with E-state index in [4.69, 9.17) is 0 Å². The molecule has 3 rings (SSSR count). The van der Waals surface area contributed by atoms with Gasteiger partial charge in [0.15, 0.2) is 5.78 Å². The first kappa shape index (κ1) is 14.2. The van der Waals surface area contributed by atoms with E-state index in [1.807, 2.05) is 17.5 Å². The standard InChI is InChI=1S/C17H11NO3S/c19-15(8-7-14-2-1-11-22-14)12-3-5-13(6-4-12)18-16(20)9-10-17(18)21/h1-11H. The number of imide groups is 1. The van der Waals surface area contributed by atoms with Gasteiger partial charge >= 0.3 is 0 Å². The van der Waals surface area contributed by atoms with Gasteiger partial charge in [-0.05, 0) is 47.9 Å². The molecule has 1 aromatic carbocycles. The molecule has 5 heteroatoms. The second-order valence-electron chi connectivity index (χ2n) is 4.61. The molecule has 0 bridgehead atoms. The summed E-state index contributed by atoms with van der Waals surface area (Å²) in [4.78, 5) is 37.3. The van der Waals surface area contributed by atoms with Gasteiger partial charge in [-0.1, -0.05) is 6.07 Å². The molecule has 2 aromatic rings. The van der Waals surface area contributed by atoms with Crippen molar-refractivity contribution in [2.75, 3.05) is 4.90 Å². The number of ketones is 1. The monoisotopic (exact) mass is 309 g/mol. The zero-order chi connectivity index (χ0) is 15.5. The van der Waals surface area contributed by atoms with Gasteiger partial charge in [0.1, 0.15) is 0 Å². The van der Waals surface area contributed by atoms with Gasteiger partial charge in [-0.2, -0.15) is 0 Å². The summed E-state index contributed by atoms with van der Waals surface area (Å²) in [6.45, 7) is 0. The van der Waals surface area contributed by atoms with Gasteiger partial charge in [-0.15, -0.1) is 11.3 Å². The summed E-state index contributed by atoms with van der Waals surface area (Å²) in [6, 6.07) is 10.2.